The van der Waals surface area contributed by atoms with Gasteiger partial charge in [-0.1, -0.05) is 18.3 Å². The highest BCUT2D eigenvalue weighted by molar-refractivity contribution is 7.16. The topological polar surface area (TPSA) is 82.0 Å². The highest BCUT2D eigenvalue weighted by atomic mass is 32.1. The van der Waals surface area contributed by atoms with Gasteiger partial charge in [-0.15, -0.1) is 10.2 Å². The number of nitrogens with zero attached hydrogens (tertiary/aromatic N) is 5. The Kier molecular flexibility index (Phi) is 3.22. The van der Waals surface area contributed by atoms with E-state index in [1.165, 1.54) is 0 Å². The van der Waals surface area contributed by atoms with Crippen molar-refractivity contribution in [2.75, 3.05) is 6.54 Å². The fraction of sp³-hybridized carbons (Fsp3) is 0.333. The number of pyridine rings is 1. The van der Waals surface area contributed by atoms with Crippen molar-refractivity contribution in [3.8, 4) is 11.4 Å². The number of nitrogens with two attached hydrogens (primary N) is 1. The SMILES string of the molecule is CCC(CN)c1nn2c(-c3cccnc3)nnc2s1. The second-order valence-corrected chi connectivity index (χ2v) is 5.23. The van der Waals surface area contributed by atoms with Crippen molar-refractivity contribution in [2.24, 2.45) is 5.73 Å². The zero-order valence-electron chi connectivity index (χ0n) is 10.5. The normalized spacial score (nSPS) is 12.9. The Morgan fingerprint density at radius 2 is 2.32 bits per heavy atom. The summed E-state index contributed by atoms with van der Waals surface area (Å²) in [6.07, 6.45) is 4.47. The van der Waals surface area contributed by atoms with Gasteiger partial charge < -0.3 is 5.73 Å². The van der Waals surface area contributed by atoms with Gasteiger partial charge in [-0.3, -0.25) is 4.98 Å². The van der Waals surface area contributed by atoms with Crippen LogP contribution in [-0.4, -0.2) is 31.3 Å². The van der Waals surface area contributed by atoms with Crippen LogP contribution in [0.5, 0.6) is 0 Å². The van der Waals surface area contributed by atoms with Gasteiger partial charge in [0, 0.05) is 30.4 Å². The van der Waals surface area contributed by atoms with Crippen LogP contribution >= 0.6 is 11.3 Å². The average Bonchev–Trinajstić information content (AvgIpc) is 3.01. The van der Waals surface area contributed by atoms with Crippen LogP contribution in [0.4, 0.5) is 0 Å². The zero-order valence-corrected chi connectivity index (χ0v) is 11.3. The molecule has 0 aliphatic rings. The van der Waals surface area contributed by atoms with Crippen LogP contribution in [0.3, 0.4) is 0 Å². The van der Waals surface area contributed by atoms with Crippen LogP contribution in [0.2, 0.25) is 0 Å². The molecule has 0 bridgehead atoms. The highest BCUT2D eigenvalue weighted by Gasteiger charge is 2.17. The number of hydrogen-bond donors (Lipinski definition) is 1. The van der Waals surface area contributed by atoms with Crippen molar-refractivity contribution in [2.45, 2.75) is 19.3 Å². The number of fused-ring (bicyclic) bond motifs is 1. The van der Waals surface area contributed by atoms with Crippen molar-refractivity contribution < 1.29 is 0 Å². The van der Waals surface area contributed by atoms with E-state index in [0.29, 0.717) is 6.54 Å². The Morgan fingerprint density at radius 1 is 1.42 bits per heavy atom. The van der Waals surface area contributed by atoms with E-state index in [9.17, 15) is 0 Å². The molecule has 0 saturated heterocycles. The second-order valence-electron chi connectivity index (χ2n) is 4.24. The molecule has 3 aromatic heterocycles. The van der Waals surface area contributed by atoms with Crippen LogP contribution in [0.25, 0.3) is 16.3 Å². The maximum absolute atomic E-state index is 5.77. The molecule has 0 amide bonds. The smallest absolute Gasteiger partial charge is 0.234 e. The van der Waals surface area contributed by atoms with Gasteiger partial charge >= 0.3 is 0 Å². The van der Waals surface area contributed by atoms with Crippen molar-refractivity contribution in [3.05, 3.63) is 29.5 Å². The molecule has 0 saturated carbocycles. The molecule has 0 aliphatic carbocycles. The zero-order chi connectivity index (χ0) is 13.2. The number of hydrogen-bond acceptors (Lipinski definition) is 6. The van der Waals surface area contributed by atoms with Gasteiger partial charge in [0.05, 0.1) is 0 Å². The van der Waals surface area contributed by atoms with Gasteiger partial charge in [-0.25, -0.2) is 0 Å². The molecule has 1 unspecified atom stereocenters. The molecular weight excluding hydrogens is 260 g/mol. The molecule has 3 heterocycles. The van der Waals surface area contributed by atoms with Crippen molar-refractivity contribution >= 4 is 16.3 Å². The minimum Gasteiger partial charge on any atom is -0.330 e. The minimum atomic E-state index is 0.286. The summed E-state index contributed by atoms with van der Waals surface area (Å²) >= 11 is 1.55. The lowest BCUT2D eigenvalue weighted by Crippen LogP contribution is -2.11. The third kappa shape index (κ3) is 2.11. The van der Waals surface area contributed by atoms with Crippen LogP contribution in [0.15, 0.2) is 24.5 Å². The maximum atomic E-state index is 5.77. The first kappa shape index (κ1) is 12.2. The molecular formula is C12H14N6S. The Hall–Kier alpha value is -1.86. The lowest BCUT2D eigenvalue weighted by Gasteiger charge is -2.06. The largest absolute Gasteiger partial charge is 0.330 e. The molecule has 0 spiro atoms. The van der Waals surface area contributed by atoms with Crippen LogP contribution in [-0.2, 0) is 0 Å². The van der Waals surface area contributed by atoms with E-state index in [0.717, 1.165) is 27.8 Å². The molecule has 1 atom stereocenters. The molecule has 98 valence electrons. The molecule has 19 heavy (non-hydrogen) atoms. The molecule has 2 N–H and O–H groups in total. The van der Waals surface area contributed by atoms with Crippen molar-refractivity contribution in [3.63, 3.8) is 0 Å². The monoisotopic (exact) mass is 274 g/mol. The third-order valence-electron chi connectivity index (χ3n) is 3.05. The molecule has 0 fully saturated rings. The van der Waals surface area contributed by atoms with Crippen molar-refractivity contribution in [1.29, 1.82) is 0 Å². The van der Waals surface area contributed by atoms with Crippen LogP contribution in [0.1, 0.15) is 24.3 Å². The first-order valence-electron chi connectivity index (χ1n) is 6.16. The van der Waals surface area contributed by atoms with E-state index in [1.807, 2.05) is 12.1 Å². The summed E-state index contributed by atoms with van der Waals surface area (Å²) in [5.41, 5.74) is 6.68. The Bertz CT molecular complexity index is 670. The Labute approximate surface area is 114 Å². The van der Waals surface area contributed by atoms with Crippen LogP contribution < -0.4 is 5.73 Å². The summed E-state index contributed by atoms with van der Waals surface area (Å²) < 4.78 is 1.77. The van der Waals surface area contributed by atoms with E-state index < -0.39 is 0 Å². The number of rotatable bonds is 4. The maximum Gasteiger partial charge on any atom is 0.234 e. The quantitative estimate of drug-likeness (QED) is 0.783. The summed E-state index contributed by atoms with van der Waals surface area (Å²) in [6, 6.07) is 3.82. The standard InChI is InChI=1S/C12H14N6S/c1-2-8(6-13)11-17-18-10(15-16-12(18)19-11)9-4-3-5-14-7-9/h3-5,7-8H,2,6,13H2,1H3. The minimum absolute atomic E-state index is 0.286. The highest BCUT2D eigenvalue weighted by Crippen LogP contribution is 2.26. The molecule has 0 radical (unpaired) electrons. The molecule has 7 heteroatoms. The van der Waals surface area contributed by atoms with Gasteiger partial charge in [-0.2, -0.15) is 9.61 Å². The summed E-state index contributed by atoms with van der Waals surface area (Å²) in [5, 5.41) is 13.9. The van der Waals surface area contributed by atoms with Gasteiger partial charge in [0.25, 0.3) is 0 Å². The van der Waals surface area contributed by atoms with E-state index in [4.69, 9.17) is 5.73 Å². The lowest BCUT2D eigenvalue weighted by molar-refractivity contribution is 0.655. The first-order chi connectivity index (χ1) is 9.33. The van der Waals surface area contributed by atoms with E-state index >= 15 is 0 Å². The average molecular weight is 274 g/mol. The Balaban J connectivity index is 2.08. The van der Waals surface area contributed by atoms with Crippen LogP contribution in [0, 0.1) is 0 Å². The first-order valence-corrected chi connectivity index (χ1v) is 6.97. The van der Waals surface area contributed by atoms with Gasteiger partial charge in [0.2, 0.25) is 4.96 Å². The fourth-order valence-corrected chi connectivity index (χ4v) is 2.95. The third-order valence-corrected chi connectivity index (χ3v) is 4.11. The Morgan fingerprint density at radius 3 is 3.00 bits per heavy atom. The molecule has 6 nitrogen and oxygen atoms in total. The number of aromatic nitrogens is 5. The van der Waals surface area contributed by atoms with Gasteiger partial charge in [0.1, 0.15) is 5.01 Å². The predicted octanol–water partition coefficient (Wildman–Crippen LogP) is 1.70. The molecule has 3 rings (SSSR count). The molecule has 0 aromatic carbocycles. The second kappa shape index (κ2) is 5.02. The summed E-state index contributed by atoms with van der Waals surface area (Å²) in [5.74, 6) is 1.01. The van der Waals surface area contributed by atoms with Crippen molar-refractivity contribution in [1.82, 2.24) is 24.8 Å². The van der Waals surface area contributed by atoms with Gasteiger partial charge in [-0.05, 0) is 18.6 Å². The summed E-state index contributed by atoms with van der Waals surface area (Å²) in [4.78, 5) is 4.89. The molecule has 3 aromatic rings. The predicted molar refractivity (Wildman–Crippen MR) is 74.0 cm³/mol. The van der Waals surface area contributed by atoms with Gasteiger partial charge in [0.15, 0.2) is 5.82 Å². The summed E-state index contributed by atoms with van der Waals surface area (Å²) in [7, 11) is 0. The molecule has 0 aliphatic heterocycles. The van der Waals surface area contributed by atoms with E-state index in [1.54, 1.807) is 28.2 Å². The summed E-state index contributed by atoms with van der Waals surface area (Å²) in [6.45, 7) is 2.71. The lowest BCUT2D eigenvalue weighted by atomic mass is 10.1. The van der Waals surface area contributed by atoms with E-state index in [-0.39, 0.29) is 5.92 Å². The van der Waals surface area contributed by atoms with E-state index in [2.05, 4.69) is 27.2 Å². The fourth-order valence-electron chi connectivity index (χ4n) is 1.91.